The highest BCUT2D eigenvalue weighted by Crippen LogP contribution is 2.30. The average Bonchev–Trinajstić information content (AvgIpc) is 3.04. The summed E-state index contributed by atoms with van der Waals surface area (Å²) in [6, 6.07) is 44.8. The Kier molecular flexibility index (Phi) is 7.19. The number of fused-ring (bicyclic) bond motifs is 2. The highest BCUT2D eigenvalue weighted by atomic mass is 14.2. The first-order valence-electron chi connectivity index (χ1n) is 15.6. The van der Waals surface area contributed by atoms with Crippen LogP contribution in [0.5, 0.6) is 0 Å². The fraction of sp³-hybridized carbons (Fsp3) is 0.116. The van der Waals surface area contributed by atoms with Gasteiger partial charge in [0.1, 0.15) is 0 Å². The third-order valence-electron chi connectivity index (χ3n) is 9.48. The van der Waals surface area contributed by atoms with E-state index in [0.717, 1.165) is 12.0 Å². The third-order valence-corrected chi connectivity index (χ3v) is 9.48. The highest BCUT2D eigenvalue weighted by molar-refractivity contribution is 6.97. The van der Waals surface area contributed by atoms with Crippen molar-refractivity contribution < 1.29 is 0 Å². The molecular weight excluding hydrogens is 527 g/mol. The molecule has 44 heavy (non-hydrogen) atoms. The summed E-state index contributed by atoms with van der Waals surface area (Å²) in [5.74, 6) is 0. The van der Waals surface area contributed by atoms with Crippen LogP contribution < -0.4 is 16.4 Å². The van der Waals surface area contributed by atoms with Gasteiger partial charge in [-0.05, 0) is 84.2 Å². The summed E-state index contributed by atoms with van der Waals surface area (Å²) in [6.45, 7) is 13.4. The molecule has 1 heterocycles. The lowest BCUT2D eigenvalue weighted by atomic mass is 9.31. The first kappa shape index (κ1) is 27.9. The Hall–Kier alpha value is -4.88. The van der Waals surface area contributed by atoms with Gasteiger partial charge in [-0.1, -0.05) is 173 Å². The molecule has 0 unspecified atom stereocenters. The minimum Gasteiger partial charge on any atom is -0.0985 e. The smallest absolute Gasteiger partial charge is 0.0985 e. The van der Waals surface area contributed by atoms with Crippen molar-refractivity contribution in [2.45, 2.75) is 34.1 Å². The Balaban J connectivity index is 1.45. The molecule has 6 aromatic rings. The Bertz CT molecular complexity index is 1970. The number of hydrogen-bond donors (Lipinski definition) is 0. The van der Waals surface area contributed by atoms with Gasteiger partial charge in [0.05, 0.1) is 0 Å². The molecule has 0 amide bonds. The van der Waals surface area contributed by atoms with Gasteiger partial charge in [0, 0.05) is 0 Å². The van der Waals surface area contributed by atoms with Crippen LogP contribution >= 0.6 is 0 Å². The van der Waals surface area contributed by atoms with Crippen LogP contribution in [-0.2, 0) is 6.42 Å². The first-order valence-corrected chi connectivity index (χ1v) is 15.6. The molecule has 0 saturated carbocycles. The van der Waals surface area contributed by atoms with E-state index in [0.29, 0.717) is 0 Å². The van der Waals surface area contributed by atoms with Crippen molar-refractivity contribution in [1.29, 1.82) is 0 Å². The van der Waals surface area contributed by atoms with Gasteiger partial charge in [0.2, 0.25) is 6.71 Å². The Labute approximate surface area is 262 Å². The SMILES string of the molecule is C=Cc1ccc(-c2cc(C)c3c(c2)Cc2cc(-c4ccccc4)cc(C)c2B3c2c(C)cc(-c3ccccc3)cc2C)cc1. The van der Waals surface area contributed by atoms with Crippen molar-refractivity contribution in [3.8, 4) is 33.4 Å². The second-order valence-electron chi connectivity index (χ2n) is 12.4. The maximum absolute atomic E-state index is 3.94. The van der Waals surface area contributed by atoms with E-state index in [4.69, 9.17) is 0 Å². The second-order valence-corrected chi connectivity index (χ2v) is 12.4. The van der Waals surface area contributed by atoms with Crippen LogP contribution in [0.2, 0.25) is 0 Å². The number of hydrogen-bond acceptors (Lipinski definition) is 0. The normalized spacial score (nSPS) is 12.0. The van der Waals surface area contributed by atoms with Crippen LogP contribution in [0, 0.1) is 27.7 Å². The van der Waals surface area contributed by atoms with E-state index < -0.39 is 0 Å². The molecule has 0 nitrogen and oxygen atoms in total. The molecule has 0 aromatic heterocycles. The fourth-order valence-electron chi connectivity index (χ4n) is 7.50. The maximum atomic E-state index is 3.94. The van der Waals surface area contributed by atoms with Gasteiger partial charge in [0.25, 0.3) is 0 Å². The zero-order valence-corrected chi connectivity index (χ0v) is 26.1. The lowest BCUT2D eigenvalue weighted by Gasteiger charge is -2.33. The van der Waals surface area contributed by atoms with Crippen molar-refractivity contribution in [2.24, 2.45) is 0 Å². The van der Waals surface area contributed by atoms with Gasteiger partial charge in [-0.15, -0.1) is 0 Å². The van der Waals surface area contributed by atoms with Crippen molar-refractivity contribution in [1.82, 2.24) is 0 Å². The van der Waals surface area contributed by atoms with E-state index in [1.165, 1.54) is 83.1 Å². The van der Waals surface area contributed by atoms with Crippen LogP contribution in [0.1, 0.15) is 38.9 Å². The molecule has 6 aromatic carbocycles. The lowest BCUT2D eigenvalue weighted by molar-refractivity contribution is 1.19. The molecule has 1 aliphatic rings. The molecule has 0 fully saturated rings. The predicted octanol–water partition coefficient (Wildman–Crippen LogP) is 8.98. The molecule has 0 saturated heterocycles. The Morgan fingerprint density at radius 1 is 0.455 bits per heavy atom. The van der Waals surface area contributed by atoms with E-state index >= 15 is 0 Å². The molecule has 0 spiro atoms. The van der Waals surface area contributed by atoms with Crippen LogP contribution in [0.3, 0.4) is 0 Å². The van der Waals surface area contributed by atoms with Crippen molar-refractivity contribution in [3.63, 3.8) is 0 Å². The molecule has 0 bridgehead atoms. The molecule has 1 heteroatoms. The van der Waals surface area contributed by atoms with E-state index in [1.807, 2.05) is 6.08 Å². The zero-order valence-electron chi connectivity index (χ0n) is 26.1. The van der Waals surface area contributed by atoms with Crippen LogP contribution in [0.25, 0.3) is 39.5 Å². The molecule has 0 radical (unpaired) electrons. The highest BCUT2D eigenvalue weighted by Gasteiger charge is 2.35. The van der Waals surface area contributed by atoms with Crippen molar-refractivity contribution in [3.05, 3.63) is 167 Å². The Morgan fingerprint density at radius 3 is 1.27 bits per heavy atom. The largest absolute Gasteiger partial charge is 0.243 e. The molecule has 0 atom stereocenters. The number of aryl methyl sites for hydroxylation is 4. The molecule has 0 N–H and O–H groups in total. The molecule has 7 rings (SSSR count). The van der Waals surface area contributed by atoms with E-state index in [2.05, 4.69) is 156 Å². The zero-order chi connectivity index (χ0) is 30.4. The second kappa shape index (κ2) is 11.3. The third kappa shape index (κ3) is 4.93. The lowest BCUT2D eigenvalue weighted by Crippen LogP contribution is -2.60. The molecule has 0 aliphatic carbocycles. The summed E-state index contributed by atoms with van der Waals surface area (Å²) >= 11 is 0. The predicted molar refractivity (Wildman–Crippen MR) is 192 cm³/mol. The monoisotopic (exact) mass is 564 g/mol. The van der Waals surface area contributed by atoms with Crippen molar-refractivity contribution in [2.75, 3.05) is 0 Å². The van der Waals surface area contributed by atoms with Crippen molar-refractivity contribution >= 4 is 29.2 Å². The van der Waals surface area contributed by atoms with E-state index in [1.54, 1.807) is 0 Å². The van der Waals surface area contributed by atoms with Gasteiger partial charge >= 0.3 is 0 Å². The standard InChI is InChI=1S/C43H37B/c1-6-32-17-19-35(20-18-32)38-24-31(5)43-40(26-38)27-39-25-37(34-15-11-8-12-16-34)23-30(4)42(39)44(43)41-28(2)21-36(22-29(41)3)33-13-9-7-10-14-33/h6-26H,1,27H2,2-5H3. The first-order chi connectivity index (χ1) is 21.4. The number of benzene rings is 6. The minimum atomic E-state index is 0.181. The Morgan fingerprint density at radius 2 is 0.841 bits per heavy atom. The molecular formula is C43H37B. The van der Waals surface area contributed by atoms with Gasteiger partial charge in [-0.25, -0.2) is 0 Å². The molecule has 1 aliphatic heterocycles. The van der Waals surface area contributed by atoms with Gasteiger partial charge < -0.3 is 0 Å². The summed E-state index contributed by atoms with van der Waals surface area (Å²) < 4.78 is 0. The van der Waals surface area contributed by atoms with Crippen LogP contribution in [-0.4, -0.2) is 6.71 Å². The van der Waals surface area contributed by atoms with Crippen LogP contribution in [0.15, 0.2) is 128 Å². The summed E-state index contributed by atoms with van der Waals surface area (Å²) in [5, 5.41) is 0. The maximum Gasteiger partial charge on any atom is 0.243 e. The fourth-order valence-corrected chi connectivity index (χ4v) is 7.50. The summed E-state index contributed by atoms with van der Waals surface area (Å²) in [4.78, 5) is 0. The van der Waals surface area contributed by atoms with Gasteiger partial charge in [-0.2, -0.15) is 0 Å². The number of rotatable bonds is 5. The van der Waals surface area contributed by atoms with E-state index in [-0.39, 0.29) is 6.71 Å². The average molecular weight is 565 g/mol. The molecule has 212 valence electrons. The van der Waals surface area contributed by atoms with Crippen LogP contribution in [0.4, 0.5) is 0 Å². The van der Waals surface area contributed by atoms with Gasteiger partial charge in [0.15, 0.2) is 0 Å². The summed E-state index contributed by atoms with van der Waals surface area (Å²) in [7, 11) is 0. The topological polar surface area (TPSA) is 0 Å². The quantitative estimate of drug-likeness (QED) is 0.183. The summed E-state index contributed by atoms with van der Waals surface area (Å²) in [6.07, 6.45) is 2.84. The minimum absolute atomic E-state index is 0.181. The van der Waals surface area contributed by atoms with Gasteiger partial charge in [-0.3, -0.25) is 0 Å². The summed E-state index contributed by atoms with van der Waals surface area (Å²) in [5.41, 5.74) is 21.5. The van der Waals surface area contributed by atoms with E-state index in [9.17, 15) is 0 Å².